The Hall–Kier alpha value is -1.66. The van der Waals surface area contributed by atoms with E-state index in [4.69, 9.17) is 9.47 Å². The van der Waals surface area contributed by atoms with E-state index in [9.17, 15) is 4.79 Å². The lowest BCUT2D eigenvalue weighted by atomic mass is 9.55. The molecule has 162 valence electrons. The van der Waals surface area contributed by atoms with Crippen molar-refractivity contribution >= 4 is 11.8 Å². The van der Waals surface area contributed by atoms with Gasteiger partial charge >= 0.3 is 5.97 Å². The molecule has 30 heavy (non-hydrogen) atoms. The molecule has 6 rings (SSSR count). The minimum Gasteiger partial charge on any atom is -0.455 e. The molecule has 0 aromatic carbocycles. The van der Waals surface area contributed by atoms with Gasteiger partial charge in [-0.15, -0.1) is 0 Å². The number of fused-ring (bicyclic) bond motifs is 1. The number of carbonyl (C=O) groups excluding carboxylic acids is 1. The third-order valence-corrected chi connectivity index (χ3v) is 8.89. The van der Waals surface area contributed by atoms with E-state index in [1.165, 1.54) is 6.42 Å². The zero-order chi connectivity index (χ0) is 20.5. The summed E-state index contributed by atoms with van der Waals surface area (Å²) >= 11 is 0. The molecule has 5 aliphatic rings. The van der Waals surface area contributed by atoms with Crippen molar-refractivity contribution in [3.63, 3.8) is 0 Å². The molecule has 6 heteroatoms. The molecule has 6 nitrogen and oxygen atoms in total. The fourth-order valence-electron chi connectivity index (χ4n) is 7.24. The second-order valence-electron chi connectivity index (χ2n) is 10.5. The molecule has 4 heterocycles. The highest BCUT2D eigenvalue weighted by Gasteiger charge is 2.77. The van der Waals surface area contributed by atoms with E-state index in [1.807, 2.05) is 18.3 Å². The van der Waals surface area contributed by atoms with E-state index in [2.05, 4.69) is 34.7 Å². The molecule has 3 saturated heterocycles. The quantitative estimate of drug-likeness (QED) is 0.563. The largest absolute Gasteiger partial charge is 0.455 e. The first-order chi connectivity index (χ1) is 14.5. The molecule has 0 bridgehead atoms. The fraction of sp³-hybridized carbons (Fsp3) is 0.750. The van der Waals surface area contributed by atoms with Gasteiger partial charge in [0.2, 0.25) is 0 Å². The molecule has 1 spiro atoms. The molecule has 7 atom stereocenters. The highest BCUT2D eigenvalue weighted by molar-refractivity contribution is 5.77. The lowest BCUT2D eigenvalue weighted by Crippen LogP contribution is -2.58. The summed E-state index contributed by atoms with van der Waals surface area (Å²) in [6.45, 7) is 9.25. The number of epoxide rings is 1. The fourth-order valence-corrected chi connectivity index (χ4v) is 7.24. The number of hydrogen-bond donors (Lipinski definition) is 0. The standard InChI is InChI=1S/C24H33N3O3/c1-16-6-7-19-17(15-26-11-13-27(14-12-26)20-5-3-4-10-25-20)21(28)29-24(19)18(16)8-9-23(2)22(24)30-23/h3-5,10,16-19,22H,6-9,11-15H2,1-2H3. The topological polar surface area (TPSA) is 58.2 Å². The number of ether oxygens (including phenoxy) is 2. The van der Waals surface area contributed by atoms with Crippen LogP contribution in [0.3, 0.4) is 0 Å². The van der Waals surface area contributed by atoms with Crippen molar-refractivity contribution in [1.29, 1.82) is 0 Å². The number of pyridine rings is 1. The molecular weight excluding hydrogens is 378 g/mol. The van der Waals surface area contributed by atoms with Gasteiger partial charge in [0.1, 0.15) is 17.5 Å². The van der Waals surface area contributed by atoms with Gasteiger partial charge in [-0.1, -0.05) is 13.0 Å². The van der Waals surface area contributed by atoms with Crippen molar-refractivity contribution in [3.05, 3.63) is 24.4 Å². The Morgan fingerprint density at radius 1 is 1.13 bits per heavy atom. The van der Waals surface area contributed by atoms with Crippen LogP contribution >= 0.6 is 0 Å². The molecule has 0 amide bonds. The third kappa shape index (κ3) is 2.69. The highest BCUT2D eigenvalue weighted by atomic mass is 16.7. The van der Waals surface area contributed by atoms with Crippen LogP contribution in [-0.4, -0.2) is 65.9 Å². The lowest BCUT2D eigenvalue weighted by Gasteiger charge is -2.50. The van der Waals surface area contributed by atoms with Crippen molar-refractivity contribution in [2.24, 2.45) is 23.7 Å². The van der Waals surface area contributed by atoms with Crippen LogP contribution in [0.4, 0.5) is 5.82 Å². The zero-order valence-corrected chi connectivity index (χ0v) is 18.1. The first-order valence-corrected chi connectivity index (χ1v) is 11.8. The average molecular weight is 412 g/mol. The summed E-state index contributed by atoms with van der Waals surface area (Å²) < 4.78 is 12.6. The molecule has 0 N–H and O–H groups in total. The maximum atomic E-state index is 13.2. The van der Waals surface area contributed by atoms with E-state index in [1.54, 1.807) is 0 Å². The summed E-state index contributed by atoms with van der Waals surface area (Å²) in [6.07, 6.45) is 6.52. The number of carbonyl (C=O) groups is 1. The van der Waals surface area contributed by atoms with Gasteiger partial charge in [0.15, 0.2) is 0 Å². The molecule has 1 aromatic heterocycles. The molecule has 2 aliphatic carbocycles. The van der Waals surface area contributed by atoms with Crippen molar-refractivity contribution < 1.29 is 14.3 Å². The van der Waals surface area contributed by atoms with Crippen LogP contribution in [0.1, 0.15) is 39.5 Å². The predicted molar refractivity (Wildman–Crippen MR) is 113 cm³/mol. The number of piperazine rings is 1. The van der Waals surface area contributed by atoms with E-state index >= 15 is 0 Å². The number of nitrogens with zero attached hydrogens (tertiary/aromatic N) is 3. The molecule has 7 unspecified atom stereocenters. The zero-order valence-electron chi connectivity index (χ0n) is 18.1. The minimum atomic E-state index is -0.359. The Morgan fingerprint density at radius 3 is 2.73 bits per heavy atom. The van der Waals surface area contributed by atoms with Gasteiger partial charge in [-0.25, -0.2) is 4.98 Å². The summed E-state index contributed by atoms with van der Waals surface area (Å²) in [5, 5.41) is 0. The van der Waals surface area contributed by atoms with Crippen molar-refractivity contribution in [3.8, 4) is 0 Å². The van der Waals surface area contributed by atoms with Crippen LogP contribution in [0.2, 0.25) is 0 Å². The molecule has 5 fully saturated rings. The monoisotopic (exact) mass is 411 g/mol. The van der Waals surface area contributed by atoms with Gasteiger partial charge in [-0.05, 0) is 50.7 Å². The van der Waals surface area contributed by atoms with Gasteiger partial charge in [0.05, 0.1) is 11.5 Å². The minimum absolute atomic E-state index is 0.00653. The van der Waals surface area contributed by atoms with Crippen LogP contribution in [-0.2, 0) is 14.3 Å². The van der Waals surface area contributed by atoms with Crippen LogP contribution in [0.15, 0.2) is 24.4 Å². The van der Waals surface area contributed by atoms with E-state index in [0.717, 1.165) is 57.8 Å². The maximum Gasteiger partial charge on any atom is 0.311 e. The molecular formula is C24H33N3O3. The predicted octanol–water partition coefficient (Wildman–Crippen LogP) is 2.73. The smallest absolute Gasteiger partial charge is 0.311 e. The second-order valence-corrected chi connectivity index (χ2v) is 10.5. The highest BCUT2D eigenvalue weighted by Crippen LogP contribution is 2.66. The van der Waals surface area contributed by atoms with Crippen molar-refractivity contribution in [2.75, 3.05) is 37.6 Å². The second kappa shape index (κ2) is 6.67. The molecule has 3 aliphatic heterocycles. The Morgan fingerprint density at radius 2 is 1.97 bits per heavy atom. The van der Waals surface area contributed by atoms with Crippen molar-refractivity contribution in [2.45, 2.75) is 56.8 Å². The molecule has 1 aromatic rings. The summed E-state index contributed by atoms with van der Waals surface area (Å²) in [4.78, 5) is 22.5. The Labute approximate surface area is 178 Å². The molecule has 2 saturated carbocycles. The van der Waals surface area contributed by atoms with Crippen LogP contribution in [0.5, 0.6) is 0 Å². The van der Waals surface area contributed by atoms with Gasteiger partial charge in [0, 0.05) is 50.8 Å². The number of anilines is 1. The summed E-state index contributed by atoms with van der Waals surface area (Å²) in [5.74, 6) is 2.47. The normalized spacial score (nSPS) is 45.3. The summed E-state index contributed by atoms with van der Waals surface area (Å²) in [5.41, 5.74) is -0.419. The number of hydrogen-bond acceptors (Lipinski definition) is 6. The number of aromatic nitrogens is 1. The maximum absolute atomic E-state index is 13.2. The van der Waals surface area contributed by atoms with Gasteiger partial charge in [-0.2, -0.15) is 0 Å². The van der Waals surface area contributed by atoms with Crippen molar-refractivity contribution in [1.82, 2.24) is 9.88 Å². The average Bonchev–Trinajstić information content (AvgIpc) is 3.39. The third-order valence-electron chi connectivity index (χ3n) is 8.89. The van der Waals surface area contributed by atoms with Gasteiger partial charge in [0.25, 0.3) is 0 Å². The summed E-state index contributed by atoms with van der Waals surface area (Å²) in [7, 11) is 0. The van der Waals surface area contributed by atoms with Crippen LogP contribution < -0.4 is 4.90 Å². The number of rotatable bonds is 3. The van der Waals surface area contributed by atoms with Crippen LogP contribution in [0, 0.1) is 23.7 Å². The first kappa shape index (κ1) is 19.1. The molecule has 0 radical (unpaired) electrons. The van der Waals surface area contributed by atoms with Gasteiger partial charge in [-0.3, -0.25) is 9.69 Å². The van der Waals surface area contributed by atoms with E-state index < -0.39 is 0 Å². The van der Waals surface area contributed by atoms with Gasteiger partial charge < -0.3 is 14.4 Å². The summed E-state index contributed by atoms with van der Waals surface area (Å²) in [6, 6.07) is 6.08. The van der Waals surface area contributed by atoms with E-state index in [0.29, 0.717) is 17.8 Å². The van der Waals surface area contributed by atoms with Crippen LogP contribution in [0.25, 0.3) is 0 Å². The first-order valence-electron chi connectivity index (χ1n) is 11.8. The lowest BCUT2D eigenvalue weighted by molar-refractivity contribution is -0.168. The van der Waals surface area contributed by atoms with E-state index in [-0.39, 0.29) is 29.2 Å². The number of esters is 1. The SMILES string of the molecule is CC1CCC2C(CN3CCN(c4ccccn4)CC3)C(=O)OC23C1CCC1(C)OC13. The Balaban J connectivity index is 1.18. The Bertz CT molecular complexity index is 826. The Kier molecular flexibility index (Phi) is 4.24.